The molecule has 0 radical (unpaired) electrons. The number of thiazole rings is 1. The summed E-state index contributed by atoms with van der Waals surface area (Å²) in [5, 5.41) is 3.58. The number of aromatic nitrogens is 2. The third-order valence-corrected chi connectivity index (χ3v) is 5.46. The zero-order chi connectivity index (χ0) is 17.9. The molecular formula is C19H20N4O2S. The zero-order valence-corrected chi connectivity index (χ0v) is 15.4. The minimum Gasteiger partial charge on any atom is -0.495 e. The van der Waals surface area contributed by atoms with E-state index in [0.717, 1.165) is 53.0 Å². The number of anilines is 1. The summed E-state index contributed by atoms with van der Waals surface area (Å²) in [5.41, 5.74) is 2.91. The van der Waals surface area contributed by atoms with Gasteiger partial charge in [0.05, 0.1) is 23.5 Å². The van der Waals surface area contributed by atoms with Gasteiger partial charge < -0.3 is 9.64 Å². The van der Waals surface area contributed by atoms with Crippen LogP contribution in [-0.2, 0) is 0 Å². The van der Waals surface area contributed by atoms with E-state index in [2.05, 4.69) is 21.4 Å². The molecule has 0 unspecified atom stereocenters. The molecule has 1 N–H and O–H groups in total. The first kappa shape index (κ1) is 16.8. The van der Waals surface area contributed by atoms with Gasteiger partial charge in [-0.25, -0.2) is 9.78 Å². The summed E-state index contributed by atoms with van der Waals surface area (Å²) in [6, 6.07) is 7.95. The van der Waals surface area contributed by atoms with Crippen molar-refractivity contribution in [3.63, 3.8) is 0 Å². The molecule has 2 aromatic heterocycles. The van der Waals surface area contributed by atoms with Gasteiger partial charge in [0.15, 0.2) is 5.13 Å². The molecule has 0 bridgehead atoms. The Morgan fingerprint density at radius 1 is 1.15 bits per heavy atom. The summed E-state index contributed by atoms with van der Waals surface area (Å²) < 4.78 is 6.27. The van der Waals surface area contributed by atoms with Gasteiger partial charge in [0.2, 0.25) is 0 Å². The van der Waals surface area contributed by atoms with E-state index in [1.165, 1.54) is 17.8 Å². The molecule has 1 fully saturated rings. The highest BCUT2D eigenvalue weighted by atomic mass is 32.1. The summed E-state index contributed by atoms with van der Waals surface area (Å²) in [6.07, 6.45) is 6.84. The normalized spacial score (nSPS) is 14.4. The van der Waals surface area contributed by atoms with Crippen LogP contribution in [0.4, 0.5) is 9.93 Å². The van der Waals surface area contributed by atoms with Crippen molar-refractivity contribution >= 4 is 32.7 Å². The summed E-state index contributed by atoms with van der Waals surface area (Å²) >= 11 is 1.49. The van der Waals surface area contributed by atoms with E-state index >= 15 is 0 Å². The molecule has 1 saturated heterocycles. The quantitative estimate of drug-likeness (QED) is 0.745. The second-order valence-corrected chi connectivity index (χ2v) is 7.32. The minimum absolute atomic E-state index is 0.0547. The number of carbonyl (C=O) groups excluding carboxylic acids is 1. The van der Waals surface area contributed by atoms with E-state index in [1.54, 1.807) is 13.3 Å². The average molecular weight is 368 g/mol. The molecule has 1 aromatic carbocycles. The highest BCUT2D eigenvalue weighted by molar-refractivity contribution is 7.22. The molecule has 1 aliphatic heterocycles. The summed E-state index contributed by atoms with van der Waals surface area (Å²) in [6.45, 7) is 1.65. The highest BCUT2D eigenvalue weighted by Crippen LogP contribution is 2.31. The maximum atomic E-state index is 12.4. The number of methoxy groups -OCH3 is 1. The number of benzene rings is 1. The van der Waals surface area contributed by atoms with E-state index in [-0.39, 0.29) is 6.03 Å². The van der Waals surface area contributed by atoms with Crippen LogP contribution < -0.4 is 10.1 Å². The Hall–Kier alpha value is -2.67. The van der Waals surface area contributed by atoms with Gasteiger partial charge in [-0.3, -0.25) is 10.3 Å². The number of rotatable bonds is 3. The maximum Gasteiger partial charge on any atom is 0.323 e. The number of hydrogen-bond donors (Lipinski definition) is 1. The summed E-state index contributed by atoms with van der Waals surface area (Å²) in [7, 11) is 1.63. The fourth-order valence-corrected chi connectivity index (χ4v) is 4.01. The molecule has 6 nitrogen and oxygen atoms in total. The first-order valence-corrected chi connectivity index (χ1v) is 9.50. The Kier molecular flexibility index (Phi) is 4.71. The molecule has 7 heteroatoms. The molecular weight excluding hydrogens is 348 g/mol. The SMILES string of the molecule is COc1cncc(-c2ccc3nc(NC(=O)N4CCCCC4)sc3c2)c1. The van der Waals surface area contributed by atoms with Crippen LogP contribution in [0.15, 0.2) is 36.7 Å². The molecule has 4 rings (SSSR count). The van der Waals surface area contributed by atoms with Crippen molar-refractivity contribution in [2.24, 2.45) is 0 Å². The Bertz CT molecular complexity index is 934. The van der Waals surface area contributed by atoms with Crippen LogP contribution in [-0.4, -0.2) is 41.1 Å². The van der Waals surface area contributed by atoms with Gasteiger partial charge in [-0.15, -0.1) is 0 Å². The van der Waals surface area contributed by atoms with E-state index in [9.17, 15) is 4.79 Å². The Labute approximate surface area is 155 Å². The Morgan fingerprint density at radius 2 is 2.00 bits per heavy atom. The van der Waals surface area contributed by atoms with Crippen LogP contribution in [0.5, 0.6) is 5.75 Å². The topological polar surface area (TPSA) is 67.4 Å². The predicted molar refractivity (Wildman–Crippen MR) is 104 cm³/mol. The van der Waals surface area contributed by atoms with Crippen LogP contribution in [0.25, 0.3) is 21.3 Å². The third-order valence-electron chi connectivity index (χ3n) is 4.53. The van der Waals surface area contributed by atoms with Crippen molar-refractivity contribution in [3.05, 3.63) is 36.7 Å². The van der Waals surface area contributed by atoms with Crippen molar-refractivity contribution < 1.29 is 9.53 Å². The highest BCUT2D eigenvalue weighted by Gasteiger charge is 2.17. The van der Waals surface area contributed by atoms with Crippen LogP contribution in [0.3, 0.4) is 0 Å². The van der Waals surface area contributed by atoms with Gasteiger partial charge in [0.1, 0.15) is 5.75 Å². The first-order valence-electron chi connectivity index (χ1n) is 8.69. The number of amides is 2. The number of hydrogen-bond acceptors (Lipinski definition) is 5. The van der Waals surface area contributed by atoms with Gasteiger partial charge in [0, 0.05) is 24.8 Å². The predicted octanol–water partition coefficient (Wildman–Crippen LogP) is 4.38. The molecule has 3 aromatic rings. The van der Waals surface area contributed by atoms with Crippen LogP contribution in [0.2, 0.25) is 0 Å². The van der Waals surface area contributed by atoms with Crippen molar-refractivity contribution in [1.29, 1.82) is 0 Å². The lowest BCUT2D eigenvalue weighted by Gasteiger charge is -2.26. The zero-order valence-electron chi connectivity index (χ0n) is 14.6. The van der Waals surface area contributed by atoms with E-state index in [4.69, 9.17) is 4.74 Å². The number of nitrogens with one attached hydrogen (secondary N) is 1. The lowest BCUT2D eigenvalue weighted by atomic mass is 10.1. The number of carbonyl (C=O) groups is 1. The van der Waals surface area contributed by atoms with Gasteiger partial charge in [0.25, 0.3) is 0 Å². The molecule has 3 heterocycles. The fraction of sp³-hybridized carbons (Fsp3) is 0.316. The van der Waals surface area contributed by atoms with E-state index in [1.807, 2.05) is 29.3 Å². The maximum absolute atomic E-state index is 12.4. The molecule has 2 amide bonds. The van der Waals surface area contributed by atoms with Crippen molar-refractivity contribution in [1.82, 2.24) is 14.9 Å². The number of piperidine rings is 1. The van der Waals surface area contributed by atoms with Gasteiger partial charge in [-0.1, -0.05) is 17.4 Å². The number of urea groups is 1. The monoisotopic (exact) mass is 368 g/mol. The molecule has 26 heavy (non-hydrogen) atoms. The minimum atomic E-state index is -0.0547. The fourth-order valence-electron chi connectivity index (χ4n) is 3.11. The number of fused-ring (bicyclic) bond motifs is 1. The number of pyridine rings is 1. The Morgan fingerprint density at radius 3 is 2.81 bits per heavy atom. The average Bonchev–Trinajstić information content (AvgIpc) is 3.10. The molecule has 0 aliphatic carbocycles. The number of ether oxygens (including phenoxy) is 1. The third kappa shape index (κ3) is 3.48. The summed E-state index contributed by atoms with van der Waals surface area (Å²) in [5.74, 6) is 0.724. The van der Waals surface area contributed by atoms with Crippen LogP contribution >= 0.6 is 11.3 Å². The van der Waals surface area contributed by atoms with Crippen LogP contribution in [0, 0.1) is 0 Å². The van der Waals surface area contributed by atoms with Crippen molar-refractivity contribution in [2.45, 2.75) is 19.3 Å². The molecule has 0 spiro atoms. The number of nitrogens with zero attached hydrogens (tertiary/aromatic N) is 3. The smallest absolute Gasteiger partial charge is 0.323 e. The standard InChI is InChI=1S/C19H20N4O2S/c1-25-15-9-14(11-20-12-15)13-5-6-16-17(10-13)26-18(21-16)22-19(24)23-7-3-2-4-8-23/h5-6,9-12H,2-4,7-8H2,1H3,(H,21,22,24). The van der Waals surface area contributed by atoms with E-state index in [0.29, 0.717) is 5.13 Å². The lowest BCUT2D eigenvalue weighted by Crippen LogP contribution is -2.38. The molecule has 134 valence electrons. The van der Waals surface area contributed by atoms with Crippen molar-refractivity contribution in [2.75, 3.05) is 25.5 Å². The number of likely N-dealkylation sites (tertiary alicyclic amines) is 1. The summed E-state index contributed by atoms with van der Waals surface area (Å²) in [4.78, 5) is 23.0. The van der Waals surface area contributed by atoms with Crippen molar-refractivity contribution in [3.8, 4) is 16.9 Å². The molecule has 0 atom stereocenters. The Balaban J connectivity index is 1.56. The lowest BCUT2D eigenvalue weighted by molar-refractivity contribution is 0.200. The van der Waals surface area contributed by atoms with Gasteiger partial charge >= 0.3 is 6.03 Å². The van der Waals surface area contributed by atoms with E-state index < -0.39 is 0 Å². The first-order chi connectivity index (χ1) is 12.7. The largest absolute Gasteiger partial charge is 0.495 e. The van der Waals surface area contributed by atoms with Crippen LogP contribution in [0.1, 0.15) is 19.3 Å². The second kappa shape index (κ2) is 7.29. The van der Waals surface area contributed by atoms with Gasteiger partial charge in [-0.05, 0) is 43.0 Å². The second-order valence-electron chi connectivity index (χ2n) is 6.29. The van der Waals surface area contributed by atoms with Gasteiger partial charge in [-0.2, -0.15) is 0 Å². The molecule has 1 aliphatic rings. The molecule has 0 saturated carbocycles.